The summed E-state index contributed by atoms with van der Waals surface area (Å²) in [4.78, 5) is 0. The molecule has 0 aromatic heterocycles. The molecule has 1 aromatic carbocycles. The van der Waals surface area contributed by atoms with Crippen molar-refractivity contribution >= 4 is 0 Å². The quantitative estimate of drug-likeness (QED) is 0.633. The van der Waals surface area contributed by atoms with Crippen LogP contribution in [0.2, 0.25) is 0 Å². The second-order valence-corrected chi connectivity index (χ2v) is 3.68. The van der Waals surface area contributed by atoms with Gasteiger partial charge in [-0.1, -0.05) is 51.0 Å². The lowest BCUT2D eigenvalue weighted by atomic mass is 9.98. The highest BCUT2D eigenvalue weighted by atomic mass is 14.1. The molecule has 0 heteroatoms. The maximum absolute atomic E-state index is 3.88. The monoisotopic (exact) mass is 188 g/mol. The zero-order valence-electron chi connectivity index (χ0n) is 8.97. The van der Waals surface area contributed by atoms with Gasteiger partial charge >= 0.3 is 0 Å². The van der Waals surface area contributed by atoms with Gasteiger partial charge in [0.05, 0.1) is 0 Å². The van der Waals surface area contributed by atoms with Crippen LogP contribution < -0.4 is 0 Å². The number of aryl methyl sites for hydroxylation is 2. The molecule has 0 unspecified atom stereocenters. The molecule has 0 saturated heterocycles. The van der Waals surface area contributed by atoms with E-state index in [1.165, 1.54) is 36.8 Å². The SMILES string of the molecule is [CH2]CCCc1ccccc1CCC[CH2]. The van der Waals surface area contributed by atoms with E-state index >= 15 is 0 Å². The summed E-state index contributed by atoms with van der Waals surface area (Å²) in [7, 11) is 0. The fourth-order valence-corrected chi connectivity index (χ4v) is 1.68. The molecule has 14 heavy (non-hydrogen) atoms. The van der Waals surface area contributed by atoms with Crippen LogP contribution >= 0.6 is 0 Å². The highest BCUT2D eigenvalue weighted by Crippen LogP contribution is 2.14. The van der Waals surface area contributed by atoms with E-state index in [4.69, 9.17) is 0 Å². The number of unbranched alkanes of at least 4 members (excludes halogenated alkanes) is 2. The van der Waals surface area contributed by atoms with Crippen molar-refractivity contribution in [3.05, 3.63) is 49.2 Å². The van der Waals surface area contributed by atoms with Crippen LogP contribution in [-0.4, -0.2) is 0 Å². The summed E-state index contributed by atoms with van der Waals surface area (Å²) in [6.07, 6.45) is 6.81. The van der Waals surface area contributed by atoms with Gasteiger partial charge in [0.25, 0.3) is 0 Å². The van der Waals surface area contributed by atoms with Gasteiger partial charge in [-0.05, 0) is 36.8 Å². The molecule has 0 saturated carbocycles. The molecule has 1 aromatic rings. The Morgan fingerprint density at radius 2 is 1.21 bits per heavy atom. The fraction of sp³-hybridized carbons (Fsp3) is 0.429. The third kappa shape index (κ3) is 3.53. The molecule has 0 heterocycles. The molecule has 0 spiro atoms. The zero-order valence-corrected chi connectivity index (χ0v) is 8.97. The molecule has 0 aliphatic heterocycles. The molecule has 0 nitrogen and oxygen atoms in total. The van der Waals surface area contributed by atoms with Crippen molar-refractivity contribution in [1.82, 2.24) is 0 Å². The van der Waals surface area contributed by atoms with Crippen molar-refractivity contribution in [3.8, 4) is 0 Å². The van der Waals surface area contributed by atoms with E-state index in [0.717, 1.165) is 12.8 Å². The van der Waals surface area contributed by atoms with Crippen LogP contribution in [-0.2, 0) is 12.8 Å². The summed E-state index contributed by atoms with van der Waals surface area (Å²) >= 11 is 0. The van der Waals surface area contributed by atoms with E-state index in [0.29, 0.717) is 0 Å². The summed E-state index contributed by atoms with van der Waals surface area (Å²) in [6, 6.07) is 8.75. The topological polar surface area (TPSA) is 0 Å². The molecule has 0 aliphatic carbocycles. The predicted octanol–water partition coefficient (Wildman–Crippen LogP) is 4.00. The minimum atomic E-state index is 1.03. The number of rotatable bonds is 6. The van der Waals surface area contributed by atoms with Gasteiger partial charge in [0, 0.05) is 0 Å². The molecule has 1 rings (SSSR count). The van der Waals surface area contributed by atoms with Crippen LogP contribution in [0.1, 0.15) is 36.8 Å². The smallest absolute Gasteiger partial charge is 0.0276 e. The van der Waals surface area contributed by atoms with Gasteiger partial charge in [-0.25, -0.2) is 0 Å². The summed E-state index contributed by atoms with van der Waals surface area (Å²) in [5, 5.41) is 0. The van der Waals surface area contributed by atoms with E-state index in [1.807, 2.05) is 0 Å². The Kier molecular flexibility index (Phi) is 5.36. The first kappa shape index (κ1) is 11.3. The van der Waals surface area contributed by atoms with Gasteiger partial charge in [-0.2, -0.15) is 0 Å². The Balaban J connectivity index is 2.60. The summed E-state index contributed by atoms with van der Waals surface area (Å²) in [6.45, 7) is 7.77. The van der Waals surface area contributed by atoms with Crippen LogP contribution in [0.3, 0.4) is 0 Å². The van der Waals surface area contributed by atoms with Gasteiger partial charge in [-0.15, -0.1) is 0 Å². The van der Waals surface area contributed by atoms with Crippen LogP contribution in [0, 0.1) is 13.8 Å². The summed E-state index contributed by atoms with van der Waals surface area (Å²) in [5.41, 5.74) is 3.01. The lowest BCUT2D eigenvalue weighted by molar-refractivity contribution is 0.796. The predicted molar refractivity (Wildman–Crippen MR) is 63.0 cm³/mol. The van der Waals surface area contributed by atoms with Crippen molar-refractivity contribution in [1.29, 1.82) is 0 Å². The standard InChI is InChI=1S/C14H20/c1-3-5-9-13-11-7-8-12-14(13)10-6-4-2/h7-8,11-12H,1-6,9-10H2. The summed E-state index contributed by atoms with van der Waals surface area (Å²) in [5.74, 6) is 0. The van der Waals surface area contributed by atoms with E-state index in [2.05, 4.69) is 38.1 Å². The Hall–Kier alpha value is -0.780. The second kappa shape index (κ2) is 6.64. The average Bonchev–Trinajstić information content (AvgIpc) is 2.24. The number of hydrogen-bond donors (Lipinski definition) is 0. The number of hydrogen-bond acceptors (Lipinski definition) is 0. The van der Waals surface area contributed by atoms with Crippen LogP contribution in [0.25, 0.3) is 0 Å². The van der Waals surface area contributed by atoms with Crippen molar-refractivity contribution in [2.24, 2.45) is 0 Å². The van der Waals surface area contributed by atoms with Crippen molar-refractivity contribution in [2.75, 3.05) is 0 Å². The van der Waals surface area contributed by atoms with Crippen molar-refractivity contribution in [2.45, 2.75) is 38.5 Å². The highest BCUT2D eigenvalue weighted by molar-refractivity contribution is 5.27. The van der Waals surface area contributed by atoms with Gasteiger partial charge in [0.2, 0.25) is 0 Å². The third-order valence-corrected chi connectivity index (χ3v) is 2.51. The minimum absolute atomic E-state index is 1.03. The Bertz CT molecular complexity index is 223. The van der Waals surface area contributed by atoms with Gasteiger partial charge in [-0.3, -0.25) is 0 Å². The fourth-order valence-electron chi connectivity index (χ4n) is 1.68. The lowest BCUT2D eigenvalue weighted by Crippen LogP contribution is -1.94. The average molecular weight is 188 g/mol. The molecule has 0 aliphatic rings. The first-order valence-corrected chi connectivity index (χ1v) is 5.53. The van der Waals surface area contributed by atoms with Crippen molar-refractivity contribution < 1.29 is 0 Å². The Morgan fingerprint density at radius 1 is 0.786 bits per heavy atom. The molecule has 0 N–H and O–H groups in total. The largest absolute Gasteiger partial charge is 0.0620 e. The molecule has 0 fully saturated rings. The molecular formula is C14H20. The lowest BCUT2D eigenvalue weighted by Gasteiger charge is -2.07. The maximum atomic E-state index is 3.88. The van der Waals surface area contributed by atoms with E-state index < -0.39 is 0 Å². The first-order chi connectivity index (χ1) is 6.88. The van der Waals surface area contributed by atoms with Gasteiger partial charge in [0.15, 0.2) is 0 Å². The van der Waals surface area contributed by atoms with E-state index in [9.17, 15) is 0 Å². The van der Waals surface area contributed by atoms with E-state index in [1.54, 1.807) is 0 Å². The third-order valence-electron chi connectivity index (χ3n) is 2.51. The summed E-state index contributed by atoms with van der Waals surface area (Å²) < 4.78 is 0. The van der Waals surface area contributed by atoms with Crippen LogP contribution in [0.5, 0.6) is 0 Å². The molecular weight excluding hydrogens is 168 g/mol. The Morgan fingerprint density at radius 3 is 1.57 bits per heavy atom. The zero-order chi connectivity index (χ0) is 10.2. The van der Waals surface area contributed by atoms with Gasteiger partial charge in [0.1, 0.15) is 0 Å². The Labute approximate surface area is 88.4 Å². The van der Waals surface area contributed by atoms with E-state index in [-0.39, 0.29) is 0 Å². The van der Waals surface area contributed by atoms with Gasteiger partial charge < -0.3 is 0 Å². The van der Waals surface area contributed by atoms with Crippen molar-refractivity contribution in [3.63, 3.8) is 0 Å². The second-order valence-electron chi connectivity index (χ2n) is 3.68. The number of benzene rings is 1. The molecule has 0 amide bonds. The minimum Gasteiger partial charge on any atom is -0.0620 e. The molecule has 0 bridgehead atoms. The van der Waals surface area contributed by atoms with Crippen LogP contribution in [0.15, 0.2) is 24.3 Å². The normalized spacial score (nSPS) is 10.4. The maximum Gasteiger partial charge on any atom is -0.0276 e. The molecule has 0 atom stereocenters. The highest BCUT2D eigenvalue weighted by Gasteiger charge is 1.99. The van der Waals surface area contributed by atoms with Crippen LogP contribution in [0.4, 0.5) is 0 Å². The molecule has 2 radical (unpaired) electrons. The first-order valence-electron chi connectivity index (χ1n) is 5.53. The molecule has 76 valence electrons.